The SMILES string of the molecule is CCOC(=O)c1ccccc1Oc1cccc(S(=O)(=O)c2ccc(CCN(Cc3ccccc3)C[C@H](O)c3cccc(Cl)c3)cc2)c1. The maximum absolute atomic E-state index is 13.6. The molecule has 7 nitrogen and oxygen atoms in total. The number of hydrogen-bond donors (Lipinski definition) is 1. The van der Waals surface area contributed by atoms with Gasteiger partial charge in [0, 0.05) is 24.7 Å². The molecule has 0 aliphatic carbocycles. The molecule has 0 amide bonds. The Morgan fingerprint density at radius 3 is 2.28 bits per heavy atom. The first kappa shape index (κ1) is 33.9. The highest BCUT2D eigenvalue weighted by atomic mass is 35.5. The van der Waals surface area contributed by atoms with Crippen molar-refractivity contribution < 1.29 is 27.8 Å². The Morgan fingerprint density at radius 2 is 1.53 bits per heavy atom. The number of aliphatic hydroxyl groups is 1. The van der Waals surface area contributed by atoms with E-state index in [0.717, 1.165) is 16.7 Å². The van der Waals surface area contributed by atoms with Crippen LogP contribution in [0.25, 0.3) is 0 Å². The zero-order valence-electron chi connectivity index (χ0n) is 26.0. The molecule has 242 valence electrons. The normalized spacial score (nSPS) is 12.1. The Hall–Kier alpha value is -4.47. The summed E-state index contributed by atoms with van der Waals surface area (Å²) in [6.45, 7) is 3.64. The zero-order chi connectivity index (χ0) is 33.2. The van der Waals surface area contributed by atoms with Crippen LogP contribution < -0.4 is 4.74 Å². The first-order chi connectivity index (χ1) is 22.7. The minimum atomic E-state index is -3.85. The fourth-order valence-electron chi connectivity index (χ4n) is 5.16. The fourth-order valence-corrected chi connectivity index (χ4v) is 6.66. The van der Waals surface area contributed by atoms with Crippen LogP contribution in [0, 0.1) is 0 Å². The van der Waals surface area contributed by atoms with E-state index in [4.69, 9.17) is 21.1 Å². The Morgan fingerprint density at radius 1 is 0.809 bits per heavy atom. The highest BCUT2D eigenvalue weighted by Crippen LogP contribution is 2.30. The fraction of sp³-hybridized carbons (Fsp3) is 0.184. The molecule has 5 aromatic carbocycles. The van der Waals surface area contributed by atoms with E-state index in [1.165, 1.54) is 12.1 Å². The van der Waals surface area contributed by atoms with Gasteiger partial charge in [0.1, 0.15) is 17.1 Å². The number of hydrogen-bond acceptors (Lipinski definition) is 7. The molecule has 1 N–H and O–H groups in total. The van der Waals surface area contributed by atoms with Crippen LogP contribution in [0.15, 0.2) is 137 Å². The van der Waals surface area contributed by atoms with E-state index in [2.05, 4.69) is 17.0 Å². The Balaban J connectivity index is 1.28. The van der Waals surface area contributed by atoms with E-state index in [0.29, 0.717) is 31.1 Å². The molecular weight excluding hydrogens is 634 g/mol. The minimum Gasteiger partial charge on any atom is -0.462 e. The monoisotopic (exact) mass is 669 g/mol. The number of para-hydroxylation sites is 1. The topological polar surface area (TPSA) is 93.1 Å². The number of sulfone groups is 1. The lowest BCUT2D eigenvalue weighted by atomic mass is 10.1. The third kappa shape index (κ3) is 9.08. The largest absolute Gasteiger partial charge is 0.462 e. The molecule has 0 bridgehead atoms. The lowest BCUT2D eigenvalue weighted by molar-refractivity contribution is 0.0523. The molecule has 0 heterocycles. The summed E-state index contributed by atoms with van der Waals surface area (Å²) in [6.07, 6.45) is -0.0677. The predicted molar refractivity (Wildman–Crippen MR) is 183 cm³/mol. The zero-order valence-corrected chi connectivity index (χ0v) is 27.5. The van der Waals surface area contributed by atoms with Gasteiger partial charge in [0.15, 0.2) is 0 Å². The second kappa shape index (κ2) is 15.9. The second-order valence-electron chi connectivity index (χ2n) is 11.0. The number of nitrogens with zero attached hydrogens (tertiary/aromatic N) is 1. The number of rotatable bonds is 14. The summed E-state index contributed by atoms with van der Waals surface area (Å²) in [6, 6.07) is 37.0. The van der Waals surface area contributed by atoms with Gasteiger partial charge in [0.2, 0.25) is 9.84 Å². The van der Waals surface area contributed by atoms with Gasteiger partial charge in [-0.05, 0) is 84.6 Å². The maximum atomic E-state index is 13.6. The van der Waals surface area contributed by atoms with Crippen molar-refractivity contribution in [1.82, 2.24) is 4.90 Å². The molecule has 0 spiro atoms. The van der Waals surface area contributed by atoms with Crippen LogP contribution in [0.3, 0.4) is 0 Å². The second-order valence-corrected chi connectivity index (χ2v) is 13.4. The molecule has 5 aromatic rings. The van der Waals surface area contributed by atoms with Crippen LogP contribution in [0.5, 0.6) is 11.5 Å². The molecule has 0 fully saturated rings. The third-order valence-corrected chi connectivity index (χ3v) is 9.59. The highest BCUT2D eigenvalue weighted by Gasteiger charge is 2.20. The summed E-state index contributed by atoms with van der Waals surface area (Å²) in [5.41, 5.74) is 3.09. The first-order valence-electron chi connectivity index (χ1n) is 15.3. The molecule has 47 heavy (non-hydrogen) atoms. The molecule has 0 unspecified atom stereocenters. The van der Waals surface area contributed by atoms with Gasteiger partial charge >= 0.3 is 5.97 Å². The van der Waals surface area contributed by atoms with Gasteiger partial charge in [-0.25, -0.2) is 13.2 Å². The molecular formula is C38H36ClNO6S. The van der Waals surface area contributed by atoms with Crippen molar-refractivity contribution in [2.75, 3.05) is 19.7 Å². The summed E-state index contributed by atoms with van der Waals surface area (Å²) in [5, 5.41) is 11.6. The molecule has 0 saturated carbocycles. The number of carbonyl (C=O) groups excluding carboxylic acids is 1. The lowest BCUT2D eigenvalue weighted by Crippen LogP contribution is -2.30. The van der Waals surface area contributed by atoms with Crippen molar-refractivity contribution in [3.63, 3.8) is 0 Å². The van der Waals surface area contributed by atoms with Gasteiger partial charge < -0.3 is 14.6 Å². The van der Waals surface area contributed by atoms with E-state index in [-0.39, 0.29) is 33.5 Å². The lowest BCUT2D eigenvalue weighted by Gasteiger charge is -2.25. The maximum Gasteiger partial charge on any atom is 0.341 e. The third-order valence-electron chi connectivity index (χ3n) is 7.59. The quantitative estimate of drug-likeness (QED) is 0.120. The van der Waals surface area contributed by atoms with E-state index in [9.17, 15) is 18.3 Å². The predicted octanol–water partition coefficient (Wildman–Crippen LogP) is 7.92. The van der Waals surface area contributed by atoms with Gasteiger partial charge in [0.25, 0.3) is 0 Å². The van der Waals surface area contributed by atoms with Gasteiger partial charge in [-0.2, -0.15) is 0 Å². The standard InChI is InChI=1S/C38H36ClNO6S/c1-2-45-38(42)35-16-6-7-17-37(35)46-32-14-9-15-34(25-32)47(43,44)33-20-18-28(19-21-33)22-23-40(26-29-10-4-3-5-11-29)27-36(41)30-12-8-13-31(39)24-30/h3-21,24-25,36,41H,2,22-23,26-27H2,1H3/t36-/m0/s1. The van der Waals surface area contributed by atoms with Gasteiger partial charge in [-0.15, -0.1) is 0 Å². The summed E-state index contributed by atoms with van der Waals surface area (Å²) < 4.78 is 38.2. The molecule has 0 saturated heterocycles. The Kier molecular flexibility index (Phi) is 11.5. The van der Waals surface area contributed by atoms with E-state index < -0.39 is 21.9 Å². The van der Waals surface area contributed by atoms with Crippen molar-refractivity contribution >= 4 is 27.4 Å². The first-order valence-corrected chi connectivity index (χ1v) is 17.2. The summed E-state index contributed by atoms with van der Waals surface area (Å²) in [7, 11) is -3.85. The highest BCUT2D eigenvalue weighted by molar-refractivity contribution is 7.91. The summed E-state index contributed by atoms with van der Waals surface area (Å²) in [5.74, 6) is 0.0246. The number of aliphatic hydroxyl groups excluding tert-OH is 1. The summed E-state index contributed by atoms with van der Waals surface area (Å²) >= 11 is 6.16. The van der Waals surface area contributed by atoms with Crippen molar-refractivity contribution in [3.05, 3.63) is 155 Å². The van der Waals surface area contributed by atoms with Crippen LogP contribution in [-0.2, 0) is 27.5 Å². The van der Waals surface area contributed by atoms with E-state index in [1.54, 1.807) is 67.6 Å². The number of halogens is 1. The molecule has 0 aromatic heterocycles. The van der Waals surface area contributed by atoms with Crippen molar-refractivity contribution in [2.45, 2.75) is 35.8 Å². The number of esters is 1. The molecule has 1 atom stereocenters. The Labute approximate surface area is 280 Å². The van der Waals surface area contributed by atoms with Crippen molar-refractivity contribution in [3.8, 4) is 11.5 Å². The van der Waals surface area contributed by atoms with Crippen LogP contribution >= 0.6 is 11.6 Å². The molecule has 5 rings (SSSR count). The van der Waals surface area contributed by atoms with Gasteiger partial charge in [-0.3, -0.25) is 4.90 Å². The van der Waals surface area contributed by atoms with Gasteiger partial charge in [-0.1, -0.05) is 84.4 Å². The van der Waals surface area contributed by atoms with Crippen molar-refractivity contribution in [2.24, 2.45) is 0 Å². The molecule has 9 heteroatoms. The van der Waals surface area contributed by atoms with Crippen LogP contribution in [-0.4, -0.2) is 44.1 Å². The van der Waals surface area contributed by atoms with Gasteiger partial charge in [0.05, 0.1) is 22.5 Å². The van der Waals surface area contributed by atoms with Crippen LogP contribution in [0.4, 0.5) is 0 Å². The van der Waals surface area contributed by atoms with Crippen LogP contribution in [0.1, 0.15) is 40.1 Å². The number of benzene rings is 5. The minimum absolute atomic E-state index is 0.0698. The average molecular weight is 670 g/mol. The molecule has 0 radical (unpaired) electrons. The summed E-state index contributed by atoms with van der Waals surface area (Å²) in [4.78, 5) is 14.8. The molecule has 0 aliphatic heterocycles. The van der Waals surface area contributed by atoms with Crippen molar-refractivity contribution in [1.29, 1.82) is 0 Å². The number of carbonyl (C=O) groups is 1. The van der Waals surface area contributed by atoms with Crippen LogP contribution in [0.2, 0.25) is 5.02 Å². The smallest absolute Gasteiger partial charge is 0.341 e. The molecule has 0 aliphatic rings. The number of ether oxygens (including phenoxy) is 2. The van der Waals surface area contributed by atoms with E-state index in [1.807, 2.05) is 42.5 Å². The Bertz CT molecular complexity index is 1900. The average Bonchev–Trinajstić information content (AvgIpc) is 3.08. The van der Waals surface area contributed by atoms with E-state index >= 15 is 0 Å².